The highest BCUT2D eigenvalue weighted by Crippen LogP contribution is 2.42. The molecule has 0 amide bonds. The second-order valence-corrected chi connectivity index (χ2v) is 12.5. The van der Waals surface area contributed by atoms with E-state index in [4.69, 9.17) is 10.2 Å². The van der Waals surface area contributed by atoms with Crippen molar-refractivity contribution in [3.63, 3.8) is 0 Å². The Balaban J connectivity index is 2.38. The largest absolute Gasteiger partial charge is 0.408 e. The van der Waals surface area contributed by atoms with Gasteiger partial charge in [0.1, 0.15) is 5.82 Å². The molecular formula is C20H28FNOSi. The quantitative estimate of drug-likeness (QED) is 0.717. The molecule has 2 aromatic carbocycles. The lowest BCUT2D eigenvalue weighted by Gasteiger charge is -2.41. The van der Waals surface area contributed by atoms with Crippen molar-refractivity contribution < 1.29 is 8.82 Å². The minimum Gasteiger partial charge on any atom is -0.408 e. The zero-order valence-corrected chi connectivity index (χ0v) is 16.2. The molecule has 2 N–H and O–H groups in total. The molecule has 0 heterocycles. The lowest BCUT2D eigenvalue weighted by molar-refractivity contribution is 0.154. The van der Waals surface area contributed by atoms with Gasteiger partial charge in [-0.2, -0.15) is 0 Å². The molecule has 2 aromatic rings. The molecule has 0 saturated carbocycles. The van der Waals surface area contributed by atoms with Crippen LogP contribution in [0.2, 0.25) is 18.1 Å². The van der Waals surface area contributed by atoms with E-state index < -0.39 is 8.32 Å². The highest BCUT2D eigenvalue weighted by atomic mass is 28.4. The summed E-state index contributed by atoms with van der Waals surface area (Å²) in [6, 6.07) is 16.1. The summed E-state index contributed by atoms with van der Waals surface area (Å²) >= 11 is 0. The minimum absolute atomic E-state index is 0.0859. The van der Waals surface area contributed by atoms with Crippen molar-refractivity contribution in [3.8, 4) is 0 Å². The van der Waals surface area contributed by atoms with Crippen molar-refractivity contribution >= 4 is 8.32 Å². The van der Waals surface area contributed by atoms with Gasteiger partial charge in [0.15, 0.2) is 8.32 Å². The molecule has 0 aliphatic rings. The smallest absolute Gasteiger partial charge is 0.193 e. The summed E-state index contributed by atoms with van der Waals surface area (Å²) in [6.07, 6.45) is -0.252. The highest BCUT2D eigenvalue weighted by Gasteiger charge is 2.40. The number of benzene rings is 2. The lowest BCUT2D eigenvalue weighted by Crippen LogP contribution is -2.43. The van der Waals surface area contributed by atoms with Gasteiger partial charge >= 0.3 is 0 Å². The van der Waals surface area contributed by atoms with E-state index >= 15 is 0 Å². The molecular weight excluding hydrogens is 317 g/mol. The van der Waals surface area contributed by atoms with Gasteiger partial charge in [-0.15, -0.1) is 0 Å². The van der Waals surface area contributed by atoms with Crippen LogP contribution in [0.15, 0.2) is 54.6 Å². The van der Waals surface area contributed by atoms with Crippen molar-refractivity contribution in [1.29, 1.82) is 0 Å². The van der Waals surface area contributed by atoms with Crippen molar-refractivity contribution in [3.05, 3.63) is 71.5 Å². The van der Waals surface area contributed by atoms with Crippen LogP contribution in [0.1, 0.15) is 44.0 Å². The van der Waals surface area contributed by atoms with E-state index in [1.54, 1.807) is 12.1 Å². The fourth-order valence-corrected chi connectivity index (χ4v) is 3.62. The van der Waals surface area contributed by atoms with Crippen molar-refractivity contribution in [2.75, 3.05) is 0 Å². The summed E-state index contributed by atoms with van der Waals surface area (Å²) in [7, 11) is -2.01. The van der Waals surface area contributed by atoms with Gasteiger partial charge in [-0.1, -0.05) is 63.2 Å². The Bertz CT molecular complexity index is 650. The number of rotatable bonds is 5. The first-order chi connectivity index (χ1) is 11.1. The number of nitrogens with two attached hydrogens (primary N) is 1. The summed E-state index contributed by atoms with van der Waals surface area (Å²) < 4.78 is 19.9. The van der Waals surface area contributed by atoms with Crippen LogP contribution in [0.25, 0.3) is 0 Å². The Kier molecular flexibility index (Phi) is 5.63. The molecule has 0 bridgehead atoms. The van der Waals surface area contributed by atoms with Gasteiger partial charge in [-0.05, 0) is 41.4 Å². The number of hydrogen-bond donors (Lipinski definition) is 1. The van der Waals surface area contributed by atoms with Gasteiger partial charge < -0.3 is 10.2 Å². The van der Waals surface area contributed by atoms with E-state index in [1.807, 2.05) is 30.3 Å². The maximum Gasteiger partial charge on any atom is 0.193 e. The van der Waals surface area contributed by atoms with E-state index in [1.165, 1.54) is 12.1 Å². The van der Waals surface area contributed by atoms with Gasteiger partial charge in [-0.3, -0.25) is 0 Å². The van der Waals surface area contributed by atoms with Crippen LogP contribution < -0.4 is 5.73 Å². The summed E-state index contributed by atoms with van der Waals surface area (Å²) in [5, 5.41) is 0.0859. The predicted molar refractivity (Wildman–Crippen MR) is 101 cm³/mol. The van der Waals surface area contributed by atoms with Crippen LogP contribution >= 0.6 is 0 Å². The predicted octanol–water partition coefficient (Wildman–Crippen LogP) is 5.59. The Morgan fingerprint density at radius 3 is 1.96 bits per heavy atom. The summed E-state index contributed by atoms with van der Waals surface area (Å²) in [4.78, 5) is 0. The molecule has 0 aromatic heterocycles. The molecule has 2 atom stereocenters. The van der Waals surface area contributed by atoms with E-state index in [9.17, 15) is 4.39 Å². The molecule has 0 spiro atoms. The van der Waals surface area contributed by atoms with Gasteiger partial charge in [0.2, 0.25) is 0 Å². The molecule has 130 valence electrons. The Labute approximate surface area is 146 Å². The van der Waals surface area contributed by atoms with E-state index in [-0.39, 0.29) is 23.0 Å². The monoisotopic (exact) mass is 345 g/mol. The van der Waals surface area contributed by atoms with E-state index in [0.717, 1.165) is 11.1 Å². The number of hydrogen-bond acceptors (Lipinski definition) is 2. The van der Waals surface area contributed by atoms with E-state index in [2.05, 4.69) is 33.9 Å². The summed E-state index contributed by atoms with van der Waals surface area (Å²) in [5.74, 6) is -0.257. The van der Waals surface area contributed by atoms with Crippen LogP contribution in [0.4, 0.5) is 4.39 Å². The second-order valence-electron chi connectivity index (χ2n) is 7.79. The maximum absolute atomic E-state index is 13.2. The molecule has 2 rings (SSSR count). The van der Waals surface area contributed by atoms with Crippen LogP contribution in [-0.4, -0.2) is 8.32 Å². The number of halogens is 1. The third-order valence-corrected chi connectivity index (χ3v) is 9.39. The van der Waals surface area contributed by atoms with Crippen LogP contribution in [0, 0.1) is 5.82 Å². The summed E-state index contributed by atoms with van der Waals surface area (Å²) in [5.41, 5.74) is 8.48. The average molecular weight is 346 g/mol. The molecule has 0 radical (unpaired) electrons. The molecule has 0 aliphatic heterocycles. The summed E-state index contributed by atoms with van der Waals surface area (Å²) in [6.45, 7) is 11.1. The van der Waals surface area contributed by atoms with Crippen molar-refractivity contribution in [1.82, 2.24) is 0 Å². The third-order valence-electron chi connectivity index (χ3n) is 4.94. The van der Waals surface area contributed by atoms with Crippen LogP contribution in [0.3, 0.4) is 0 Å². The van der Waals surface area contributed by atoms with Gasteiger partial charge in [0, 0.05) is 0 Å². The standard InChI is InChI=1S/C20H28FNOSi/c1-20(2,3)24(4,5)23-19(16-9-7-6-8-10-16)18(22)15-11-13-17(21)14-12-15/h6-14,18-19H,22H2,1-5H3/t18-,19+/m1/s1. The molecule has 24 heavy (non-hydrogen) atoms. The average Bonchev–Trinajstić information content (AvgIpc) is 2.52. The zero-order valence-electron chi connectivity index (χ0n) is 15.2. The first-order valence-electron chi connectivity index (χ1n) is 8.35. The molecule has 2 nitrogen and oxygen atoms in total. The molecule has 4 heteroatoms. The lowest BCUT2D eigenvalue weighted by atomic mass is 9.97. The van der Waals surface area contributed by atoms with Gasteiger partial charge in [0.25, 0.3) is 0 Å². The van der Waals surface area contributed by atoms with Gasteiger partial charge in [-0.25, -0.2) is 4.39 Å². The first kappa shape index (κ1) is 18.8. The second kappa shape index (κ2) is 7.17. The Morgan fingerprint density at radius 2 is 1.46 bits per heavy atom. The first-order valence-corrected chi connectivity index (χ1v) is 11.3. The topological polar surface area (TPSA) is 35.2 Å². The fourth-order valence-electron chi connectivity index (χ4n) is 2.35. The molecule has 0 aliphatic carbocycles. The van der Waals surface area contributed by atoms with Crippen LogP contribution in [-0.2, 0) is 4.43 Å². The minimum atomic E-state index is -2.01. The molecule has 0 unspecified atom stereocenters. The van der Waals surface area contributed by atoms with Gasteiger partial charge in [0.05, 0.1) is 12.1 Å². The zero-order chi connectivity index (χ0) is 18.0. The van der Waals surface area contributed by atoms with Crippen molar-refractivity contribution in [2.24, 2.45) is 5.73 Å². The fraction of sp³-hybridized carbons (Fsp3) is 0.400. The normalized spacial score (nSPS) is 15.1. The SMILES string of the molecule is CC(C)(C)[Si](C)(C)O[C@@H](c1ccccc1)[C@H](N)c1ccc(F)cc1. The third kappa shape index (κ3) is 4.32. The highest BCUT2D eigenvalue weighted by molar-refractivity contribution is 6.74. The molecule has 0 saturated heterocycles. The van der Waals surface area contributed by atoms with Crippen LogP contribution in [0.5, 0.6) is 0 Å². The molecule has 0 fully saturated rings. The van der Waals surface area contributed by atoms with E-state index in [0.29, 0.717) is 0 Å². The maximum atomic E-state index is 13.2. The Morgan fingerprint density at radius 1 is 0.917 bits per heavy atom. The Hall–Kier alpha value is -1.49. The van der Waals surface area contributed by atoms with Crippen molar-refractivity contribution in [2.45, 2.75) is 51.0 Å².